The Kier molecular flexibility index (Phi) is 11.5. The molecule has 2 aliphatic heterocycles. The highest BCUT2D eigenvalue weighted by Crippen LogP contribution is 2.31. The zero-order valence-electron chi connectivity index (χ0n) is 27.9. The molecule has 2 aliphatic rings. The number of hydrogen-bond acceptors (Lipinski definition) is 11. The summed E-state index contributed by atoms with van der Waals surface area (Å²) in [7, 11) is -2.64. The van der Waals surface area contributed by atoms with Crippen LogP contribution in [0.3, 0.4) is 0 Å². The average molecular weight is 645 g/mol. The third kappa shape index (κ3) is 10.0. The molecule has 0 aliphatic carbocycles. The fourth-order valence-electron chi connectivity index (χ4n) is 4.40. The molecule has 0 saturated carbocycles. The molecule has 1 aromatic rings. The number of benzene rings is 1. The lowest BCUT2D eigenvalue weighted by Crippen LogP contribution is -2.52. The van der Waals surface area contributed by atoms with E-state index in [-0.39, 0.29) is 24.7 Å². The van der Waals surface area contributed by atoms with Crippen LogP contribution in [0.4, 0.5) is 9.59 Å². The van der Waals surface area contributed by atoms with E-state index in [4.69, 9.17) is 23.1 Å². The number of ether oxygens (including phenoxy) is 5. The van der Waals surface area contributed by atoms with Gasteiger partial charge in [-0.2, -0.15) is 8.42 Å². The van der Waals surface area contributed by atoms with Gasteiger partial charge in [-0.25, -0.2) is 14.4 Å². The van der Waals surface area contributed by atoms with Gasteiger partial charge in [0.15, 0.2) is 6.04 Å². The Balaban J connectivity index is 0.000000329. The zero-order valence-corrected chi connectivity index (χ0v) is 28.7. The molecule has 0 N–H and O–H groups in total. The molecule has 2 fully saturated rings. The number of methoxy groups -OCH3 is 1. The Morgan fingerprint density at radius 2 is 1.30 bits per heavy atom. The van der Waals surface area contributed by atoms with Crippen molar-refractivity contribution < 1.29 is 50.7 Å². The van der Waals surface area contributed by atoms with Crippen LogP contribution in [-0.4, -0.2) is 98.0 Å². The fourth-order valence-corrected chi connectivity index (χ4v) is 5.34. The van der Waals surface area contributed by atoms with Crippen molar-refractivity contribution in [2.24, 2.45) is 0 Å². The highest BCUT2D eigenvalue weighted by atomic mass is 32.2. The van der Waals surface area contributed by atoms with Crippen LogP contribution in [0.1, 0.15) is 74.8 Å². The van der Waals surface area contributed by atoms with Gasteiger partial charge < -0.3 is 23.7 Å². The number of carbonyl (C=O) groups excluding carboxylic acids is 3. The molecule has 14 heteroatoms. The van der Waals surface area contributed by atoms with E-state index in [0.29, 0.717) is 0 Å². The topological polar surface area (TPSA) is 147 Å². The minimum atomic E-state index is -3.92. The maximum Gasteiger partial charge on any atom is 0.413 e. The van der Waals surface area contributed by atoms with Crippen LogP contribution in [-0.2, 0) is 42.8 Å². The van der Waals surface area contributed by atoms with Crippen LogP contribution in [0.5, 0.6) is 0 Å². The number of carbonyl (C=O) groups is 3. The largest absolute Gasteiger partial charge is 0.467 e. The normalized spacial score (nSPS) is 21.3. The van der Waals surface area contributed by atoms with Gasteiger partial charge in [0.1, 0.15) is 22.7 Å². The lowest BCUT2D eigenvalue weighted by atomic mass is 10.2. The first-order valence-electron chi connectivity index (χ1n) is 14.3. The monoisotopic (exact) mass is 644 g/mol. The summed E-state index contributed by atoms with van der Waals surface area (Å²) in [6.07, 6.45) is -1.15. The smallest absolute Gasteiger partial charge is 0.413 e. The van der Waals surface area contributed by atoms with E-state index in [9.17, 15) is 22.8 Å². The summed E-state index contributed by atoms with van der Waals surface area (Å²) in [5, 5.41) is 0. The number of hydrogen-bond donors (Lipinski definition) is 0. The van der Waals surface area contributed by atoms with E-state index in [1.807, 2.05) is 6.92 Å². The fraction of sp³-hybridized carbons (Fsp3) is 0.700. The molecule has 0 bridgehead atoms. The van der Waals surface area contributed by atoms with Crippen molar-refractivity contribution in [3.05, 3.63) is 29.8 Å². The SMILES string of the molecule is COC(=O)[C@H]1COC(C)(C)N1C(=O)OC(C)(C)C.Cc1ccc(S(=O)(=O)OC[C@H]2COC(C)(C)N2C(=O)OC(C)(C)C)cc1. The van der Waals surface area contributed by atoms with Crippen LogP contribution in [0, 0.1) is 6.92 Å². The standard InChI is InChI=1S/C18H27NO6S.C12H21NO5/c1-13-7-9-15(10-8-13)26(21,22)24-12-14-11-23-18(5,6)19(14)16(20)25-17(2,3)4;1-11(2,3)18-10(15)13-8(9(14)16-6)7-17-12(13,4)5/h7-10,14H,11-12H2,1-6H3;8H,7H2,1-6H3/t14-;8-/m11/s1. The van der Waals surface area contributed by atoms with E-state index < -0.39 is 63.0 Å². The van der Waals surface area contributed by atoms with Crippen molar-refractivity contribution in [3.63, 3.8) is 0 Å². The second-order valence-electron chi connectivity index (χ2n) is 13.5. The number of aryl methyl sites for hydroxylation is 1. The van der Waals surface area contributed by atoms with Gasteiger partial charge in [0.25, 0.3) is 10.1 Å². The van der Waals surface area contributed by atoms with Gasteiger partial charge in [-0.15, -0.1) is 0 Å². The van der Waals surface area contributed by atoms with E-state index in [2.05, 4.69) is 4.74 Å². The molecule has 0 spiro atoms. The maximum atomic E-state index is 12.5. The molecule has 0 radical (unpaired) electrons. The van der Waals surface area contributed by atoms with Crippen LogP contribution in [0.15, 0.2) is 29.2 Å². The van der Waals surface area contributed by atoms with Gasteiger partial charge in [0.2, 0.25) is 0 Å². The summed E-state index contributed by atoms with van der Waals surface area (Å²) in [4.78, 5) is 39.0. The molecule has 44 heavy (non-hydrogen) atoms. The molecule has 3 rings (SSSR count). The van der Waals surface area contributed by atoms with Gasteiger partial charge in [0, 0.05) is 0 Å². The molecule has 250 valence electrons. The van der Waals surface area contributed by atoms with Gasteiger partial charge in [-0.05, 0) is 88.3 Å². The van der Waals surface area contributed by atoms with E-state index in [1.54, 1.807) is 81.4 Å². The van der Waals surface area contributed by atoms with Crippen molar-refractivity contribution in [2.75, 3.05) is 26.9 Å². The van der Waals surface area contributed by atoms with Crippen molar-refractivity contribution in [1.82, 2.24) is 9.80 Å². The van der Waals surface area contributed by atoms with Crippen molar-refractivity contribution >= 4 is 28.3 Å². The molecule has 2 atom stereocenters. The number of esters is 1. The molecule has 13 nitrogen and oxygen atoms in total. The summed E-state index contributed by atoms with van der Waals surface area (Å²) in [6, 6.07) is 5.05. The quantitative estimate of drug-likeness (QED) is 0.252. The minimum Gasteiger partial charge on any atom is -0.467 e. The Labute approximate surface area is 261 Å². The predicted octanol–water partition coefficient (Wildman–Crippen LogP) is 4.60. The van der Waals surface area contributed by atoms with Gasteiger partial charge in [-0.1, -0.05) is 17.7 Å². The molecular weight excluding hydrogens is 596 g/mol. The van der Waals surface area contributed by atoms with Crippen molar-refractivity contribution in [1.29, 1.82) is 0 Å². The predicted molar refractivity (Wildman–Crippen MR) is 160 cm³/mol. The first kappa shape index (κ1) is 37.2. The Bertz CT molecular complexity index is 1280. The van der Waals surface area contributed by atoms with Crippen LogP contribution >= 0.6 is 0 Å². The van der Waals surface area contributed by atoms with E-state index >= 15 is 0 Å². The Hall–Kier alpha value is -2.94. The Morgan fingerprint density at radius 3 is 1.77 bits per heavy atom. The molecule has 2 heterocycles. The van der Waals surface area contributed by atoms with Crippen molar-refractivity contribution in [2.45, 2.75) is 116 Å². The third-order valence-electron chi connectivity index (χ3n) is 6.44. The number of amides is 2. The second kappa shape index (κ2) is 13.6. The van der Waals surface area contributed by atoms with Crippen LogP contribution in [0.25, 0.3) is 0 Å². The Morgan fingerprint density at radius 1 is 0.841 bits per heavy atom. The highest BCUT2D eigenvalue weighted by molar-refractivity contribution is 7.86. The molecule has 2 saturated heterocycles. The maximum absolute atomic E-state index is 12.5. The summed E-state index contributed by atoms with van der Waals surface area (Å²) < 4.78 is 56.4. The van der Waals surface area contributed by atoms with Gasteiger partial charge >= 0.3 is 18.2 Å². The lowest BCUT2D eigenvalue weighted by molar-refractivity contribution is -0.146. The first-order valence-corrected chi connectivity index (χ1v) is 15.7. The minimum absolute atomic E-state index is 0.0742. The van der Waals surface area contributed by atoms with Crippen LogP contribution in [0.2, 0.25) is 0 Å². The van der Waals surface area contributed by atoms with Gasteiger partial charge in [0.05, 0.1) is 37.9 Å². The zero-order chi connectivity index (χ0) is 33.9. The number of rotatable bonds is 5. The summed E-state index contributed by atoms with van der Waals surface area (Å²) in [5.41, 5.74) is -2.15. The van der Waals surface area contributed by atoms with Crippen molar-refractivity contribution in [3.8, 4) is 0 Å². The molecule has 2 amide bonds. The molecule has 0 unspecified atom stereocenters. The molecule has 0 aromatic heterocycles. The van der Waals surface area contributed by atoms with Crippen LogP contribution < -0.4 is 0 Å². The molecular formula is C30H48N2O11S. The van der Waals surface area contributed by atoms with E-state index in [1.165, 1.54) is 29.0 Å². The first-order chi connectivity index (χ1) is 19.9. The van der Waals surface area contributed by atoms with E-state index in [0.717, 1.165) is 5.56 Å². The summed E-state index contributed by atoms with van der Waals surface area (Å²) in [6.45, 7) is 19.4. The summed E-state index contributed by atoms with van der Waals surface area (Å²) in [5.74, 6) is -0.508. The van der Waals surface area contributed by atoms with Gasteiger partial charge in [-0.3, -0.25) is 14.0 Å². The second-order valence-corrected chi connectivity index (χ2v) is 15.1. The number of nitrogens with zero attached hydrogens (tertiary/aromatic N) is 2. The highest BCUT2D eigenvalue weighted by Gasteiger charge is 2.49. The third-order valence-corrected chi connectivity index (χ3v) is 7.74. The average Bonchev–Trinajstić information content (AvgIpc) is 3.35. The summed E-state index contributed by atoms with van der Waals surface area (Å²) >= 11 is 0. The lowest BCUT2D eigenvalue weighted by Gasteiger charge is -2.34. The molecule has 1 aromatic carbocycles.